The van der Waals surface area contributed by atoms with E-state index < -0.39 is 0 Å². The third-order valence-electron chi connectivity index (χ3n) is 2.40. The summed E-state index contributed by atoms with van der Waals surface area (Å²) < 4.78 is 0. The van der Waals surface area contributed by atoms with Crippen molar-refractivity contribution in [2.24, 2.45) is 0 Å². The normalized spacial score (nSPS) is 8.25. The van der Waals surface area contributed by atoms with E-state index in [1.165, 1.54) is 16.5 Å². The molecule has 1 heterocycles. The van der Waals surface area contributed by atoms with Crippen molar-refractivity contribution in [3.05, 3.63) is 72.4 Å². The van der Waals surface area contributed by atoms with E-state index >= 15 is 0 Å². The van der Waals surface area contributed by atoms with Crippen LogP contribution in [0.1, 0.15) is 33.3 Å². The Balaban J connectivity index is 0.000000296. The molecule has 1 aromatic heterocycles. The molecule has 0 saturated heterocycles. The van der Waals surface area contributed by atoms with Crippen molar-refractivity contribution in [3.63, 3.8) is 0 Å². The van der Waals surface area contributed by atoms with Crippen molar-refractivity contribution in [2.45, 2.75) is 34.6 Å². The summed E-state index contributed by atoms with van der Waals surface area (Å²) in [6.45, 7) is 10.1. The third kappa shape index (κ3) is 6.79. The minimum Gasteiger partial charge on any atom is -0.361 e. The fourth-order valence-electron chi connectivity index (χ4n) is 1.53. The van der Waals surface area contributed by atoms with Crippen LogP contribution in [0, 0.1) is 6.92 Å². The van der Waals surface area contributed by atoms with E-state index in [9.17, 15) is 0 Å². The van der Waals surface area contributed by atoms with Crippen LogP contribution in [0.4, 0.5) is 0 Å². The number of benzene rings is 2. The summed E-state index contributed by atoms with van der Waals surface area (Å²) in [5.74, 6) is 0. The number of para-hydroxylation sites is 1. The number of aromatic amines is 1. The summed E-state index contributed by atoms with van der Waals surface area (Å²) in [5, 5.41) is 1.28. The number of fused-ring (bicyclic) bond motifs is 1. The summed E-state index contributed by atoms with van der Waals surface area (Å²) in [7, 11) is 0. The molecule has 1 heteroatoms. The van der Waals surface area contributed by atoms with E-state index in [1.807, 2.05) is 64.2 Å². The molecule has 0 spiro atoms. The molecule has 0 unspecified atom stereocenters. The molecule has 0 amide bonds. The Morgan fingerprint density at radius 1 is 0.650 bits per heavy atom. The maximum atomic E-state index is 3.12. The van der Waals surface area contributed by atoms with Gasteiger partial charge < -0.3 is 4.98 Å². The maximum Gasteiger partial charge on any atom is 0.0453 e. The number of aromatic nitrogens is 1. The molecule has 0 aliphatic rings. The van der Waals surface area contributed by atoms with Gasteiger partial charge in [-0.25, -0.2) is 0 Å². The number of H-pyrrole nitrogens is 1. The molecule has 0 atom stereocenters. The SMILES string of the molecule is CC.CC.Cc1ccccc1.c1ccc2[nH]ccc2c1. The zero-order valence-corrected chi connectivity index (χ0v) is 13.4. The minimum absolute atomic E-state index is 1.21. The predicted octanol–water partition coefficient (Wildman–Crippen LogP) is 6.22. The van der Waals surface area contributed by atoms with Crippen molar-refractivity contribution in [1.29, 1.82) is 0 Å². The smallest absolute Gasteiger partial charge is 0.0453 e. The second kappa shape index (κ2) is 12.0. The van der Waals surface area contributed by atoms with Crippen LogP contribution in [0.25, 0.3) is 10.9 Å². The van der Waals surface area contributed by atoms with Gasteiger partial charge in [0.05, 0.1) is 0 Å². The third-order valence-corrected chi connectivity index (χ3v) is 2.40. The molecule has 3 rings (SSSR count). The molecule has 1 nitrogen and oxygen atoms in total. The second-order valence-electron chi connectivity index (χ2n) is 3.72. The van der Waals surface area contributed by atoms with Crippen molar-refractivity contribution in [3.8, 4) is 0 Å². The van der Waals surface area contributed by atoms with E-state index in [2.05, 4.69) is 42.2 Å². The zero-order valence-electron chi connectivity index (χ0n) is 13.4. The standard InChI is InChI=1S/C8H7N.C7H8.2C2H6/c1-2-4-8-7(3-1)5-6-9-8;1-7-5-3-2-4-6-7;2*1-2/h1-6,9H;2-6H,1H3;2*1-2H3. The molecule has 3 aromatic rings. The Kier molecular flexibility index (Phi) is 10.8. The van der Waals surface area contributed by atoms with Crippen molar-refractivity contribution >= 4 is 10.9 Å². The van der Waals surface area contributed by atoms with Crippen LogP contribution in [-0.4, -0.2) is 4.98 Å². The fraction of sp³-hybridized carbons (Fsp3) is 0.263. The van der Waals surface area contributed by atoms with Gasteiger partial charge in [0.1, 0.15) is 0 Å². The van der Waals surface area contributed by atoms with E-state index in [-0.39, 0.29) is 0 Å². The molecule has 0 radical (unpaired) electrons. The summed E-state index contributed by atoms with van der Waals surface area (Å²) >= 11 is 0. The first-order valence-corrected chi connectivity index (χ1v) is 7.40. The van der Waals surface area contributed by atoms with E-state index in [0.717, 1.165) is 0 Å². The molecule has 0 fully saturated rings. The summed E-state index contributed by atoms with van der Waals surface area (Å²) in [6.07, 6.45) is 1.95. The number of nitrogens with one attached hydrogen (secondary N) is 1. The van der Waals surface area contributed by atoms with E-state index in [1.54, 1.807) is 0 Å². The monoisotopic (exact) mass is 269 g/mol. The average Bonchev–Trinajstić information content (AvgIpc) is 3.01. The molecule has 2 aromatic carbocycles. The summed E-state index contributed by atoms with van der Waals surface area (Å²) in [4.78, 5) is 3.12. The Labute approximate surface area is 123 Å². The molecule has 1 N–H and O–H groups in total. The Morgan fingerprint density at radius 3 is 1.70 bits per heavy atom. The largest absolute Gasteiger partial charge is 0.361 e. The molecule has 0 aliphatic carbocycles. The molecular formula is C19H27N. The molecular weight excluding hydrogens is 242 g/mol. The molecule has 0 saturated carbocycles. The number of aryl methyl sites for hydroxylation is 1. The highest BCUT2D eigenvalue weighted by atomic mass is 14.6. The highest BCUT2D eigenvalue weighted by Crippen LogP contribution is 2.09. The lowest BCUT2D eigenvalue weighted by Crippen LogP contribution is -1.62. The van der Waals surface area contributed by atoms with Crippen LogP contribution in [0.3, 0.4) is 0 Å². The van der Waals surface area contributed by atoms with Gasteiger partial charge in [-0.3, -0.25) is 0 Å². The molecule has 0 bridgehead atoms. The minimum atomic E-state index is 1.21. The Morgan fingerprint density at radius 2 is 1.20 bits per heavy atom. The van der Waals surface area contributed by atoms with Crippen LogP contribution in [0.15, 0.2) is 66.9 Å². The van der Waals surface area contributed by atoms with E-state index in [0.29, 0.717) is 0 Å². The quantitative estimate of drug-likeness (QED) is 0.499. The number of hydrogen-bond acceptors (Lipinski definition) is 0. The average molecular weight is 269 g/mol. The lowest BCUT2D eigenvalue weighted by atomic mass is 10.2. The number of hydrogen-bond donors (Lipinski definition) is 1. The first-order chi connectivity index (χ1) is 9.86. The topological polar surface area (TPSA) is 15.8 Å². The Bertz CT molecular complexity index is 507. The highest BCUT2D eigenvalue weighted by molar-refractivity contribution is 5.78. The van der Waals surface area contributed by atoms with Gasteiger partial charge in [0.15, 0.2) is 0 Å². The van der Waals surface area contributed by atoms with E-state index in [4.69, 9.17) is 0 Å². The molecule has 108 valence electrons. The fourth-order valence-corrected chi connectivity index (χ4v) is 1.53. The van der Waals surface area contributed by atoms with Gasteiger partial charge in [0.25, 0.3) is 0 Å². The molecule has 20 heavy (non-hydrogen) atoms. The van der Waals surface area contributed by atoms with Gasteiger partial charge in [-0.05, 0) is 24.4 Å². The van der Waals surface area contributed by atoms with Crippen LogP contribution in [-0.2, 0) is 0 Å². The van der Waals surface area contributed by atoms with Crippen molar-refractivity contribution < 1.29 is 0 Å². The number of rotatable bonds is 0. The van der Waals surface area contributed by atoms with Gasteiger partial charge in [-0.1, -0.05) is 81.8 Å². The van der Waals surface area contributed by atoms with Crippen molar-refractivity contribution in [1.82, 2.24) is 4.98 Å². The summed E-state index contributed by atoms with van der Waals surface area (Å²) in [6, 6.07) is 20.5. The maximum absolute atomic E-state index is 3.12. The first-order valence-electron chi connectivity index (χ1n) is 7.40. The van der Waals surface area contributed by atoms with Crippen molar-refractivity contribution in [2.75, 3.05) is 0 Å². The lowest BCUT2D eigenvalue weighted by Gasteiger charge is -1.83. The molecule has 0 aliphatic heterocycles. The summed E-state index contributed by atoms with van der Waals surface area (Å²) in [5.41, 5.74) is 2.53. The predicted molar refractivity (Wildman–Crippen MR) is 92.2 cm³/mol. The van der Waals surface area contributed by atoms with Gasteiger partial charge in [-0.15, -0.1) is 0 Å². The Hall–Kier alpha value is -2.02. The lowest BCUT2D eigenvalue weighted by molar-refractivity contribution is 1.48. The van der Waals surface area contributed by atoms with Gasteiger partial charge in [0.2, 0.25) is 0 Å². The van der Waals surface area contributed by atoms with Gasteiger partial charge >= 0.3 is 0 Å². The van der Waals surface area contributed by atoms with Crippen LogP contribution >= 0.6 is 0 Å². The van der Waals surface area contributed by atoms with Crippen LogP contribution in [0.2, 0.25) is 0 Å². The van der Waals surface area contributed by atoms with Gasteiger partial charge in [0, 0.05) is 11.7 Å². The van der Waals surface area contributed by atoms with Crippen LogP contribution < -0.4 is 0 Å². The zero-order chi connectivity index (χ0) is 15.2. The van der Waals surface area contributed by atoms with Gasteiger partial charge in [-0.2, -0.15) is 0 Å². The van der Waals surface area contributed by atoms with Crippen LogP contribution in [0.5, 0.6) is 0 Å². The first kappa shape index (κ1) is 18.0. The highest BCUT2D eigenvalue weighted by Gasteiger charge is 1.86. The second-order valence-corrected chi connectivity index (χ2v) is 3.72.